The Morgan fingerprint density at radius 3 is 2.41 bits per heavy atom. The van der Waals surface area contributed by atoms with E-state index < -0.39 is 5.97 Å². The van der Waals surface area contributed by atoms with Gasteiger partial charge in [-0.25, -0.2) is 4.79 Å². The highest BCUT2D eigenvalue weighted by molar-refractivity contribution is 7.80. The maximum absolute atomic E-state index is 12.3. The van der Waals surface area contributed by atoms with Crippen LogP contribution in [0.2, 0.25) is 0 Å². The Labute approximate surface area is 232 Å². The van der Waals surface area contributed by atoms with E-state index in [1.165, 1.54) is 0 Å². The van der Waals surface area contributed by atoms with E-state index in [2.05, 4.69) is 20.5 Å². The van der Waals surface area contributed by atoms with Crippen LogP contribution in [0, 0.1) is 12.8 Å². The average Bonchev–Trinajstić information content (AvgIpc) is 3.54. The van der Waals surface area contributed by atoms with Crippen molar-refractivity contribution in [2.75, 3.05) is 10.2 Å². The van der Waals surface area contributed by atoms with E-state index in [9.17, 15) is 14.7 Å². The Balaban J connectivity index is 1.59. The minimum absolute atomic E-state index is 0.0379. The average molecular weight is 540 g/mol. The van der Waals surface area contributed by atoms with Gasteiger partial charge in [0.1, 0.15) is 6.04 Å². The van der Waals surface area contributed by atoms with E-state index in [4.69, 9.17) is 12.2 Å². The second kappa shape index (κ2) is 10.7. The third kappa shape index (κ3) is 5.13. The highest BCUT2D eigenvalue weighted by Crippen LogP contribution is 2.43. The number of pyridine rings is 1. The van der Waals surface area contributed by atoms with Gasteiger partial charge < -0.3 is 25.2 Å². The predicted octanol–water partition coefficient (Wildman–Crippen LogP) is 5.65. The number of amides is 1. The molecule has 2 aromatic carbocycles. The Hall–Kier alpha value is -4.50. The summed E-state index contributed by atoms with van der Waals surface area (Å²) >= 11 is 5.88. The number of anilines is 2. The van der Waals surface area contributed by atoms with E-state index in [1.807, 2.05) is 80.1 Å². The molecule has 1 amide bonds. The zero-order chi connectivity index (χ0) is 27.7. The quantitative estimate of drug-likeness (QED) is 0.261. The van der Waals surface area contributed by atoms with E-state index in [1.54, 1.807) is 30.5 Å². The summed E-state index contributed by atoms with van der Waals surface area (Å²) in [5, 5.41) is 16.4. The summed E-state index contributed by atoms with van der Waals surface area (Å²) in [7, 11) is 0. The first kappa shape index (κ1) is 26.1. The zero-order valence-electron chi connectivity index (χ0n) is 21.8. The zero-order valence-corrected chi connectivity index (χ0v) is 22.6. The number of carbonyl (C=O) groups excluding carboxylic acids is 1. The maximum Gasteiger partial charge on any atom is 0.335 e. The Morgan fingerprint density at radius 2 is 1.77 bits per heavy atom. The number of carboxylic acids is 1. The fourth-order valence-corrected chi connectivity index (χ4v) is 5.13. The highest BCUT2D eigenvalue weighted by atomic mass is 32.1. The number of nitrogens with one attached hydrogen (secondary N) is 2. The van der Waals surface area contributed by atoms with Crippen LogP contribution in [-0.4, -0.2) is 31.6 Å². The van der Waals surface area contributed by atoms with Crippen LogP contribution >= 0.6 is 12.2 Å². The van der Waals surface area contributed by atoms with Crippen LogP contribution < -0.4 is 15.5 Å². The molecule has 1 fully saturated rings. The van der Waals surface area contributed by atoms with Gasteiger partial charge in [-0.15, -0.1) is 0 Å². The molecule has 39 heavy (non-hydrogen) atoms. The van der Waals surface area contributed by atoms with Gasteiger partial charge >= 0.3 is 5.97 Å². The lowest BCUT2D eigenvalue weighted by molar-refractivity contribution is -0.118. The fourth-order valence-electron chi connectivity index (χ4n) is 4.78. The molecule has 2 aromatic heterocycles. The van der Waals surface area contributed by atoms with E-state index in [-0.39, 0.29) is 29.5 Å². The first-order valence-electron chi connectivity index (χ1n) is 12.7. The van der Waals surface area contributed by atoms with Gasteiger partial charge in [-0.05, 0) is 91.4 Å². The number of hydrogen-bond donors (Lipinski definition) is 3. The first-order chi connectivity index (χ1) is 18.7. The Bertz CT molecular complexity index is 1530. The molecule has 0 radical (unpaired) electrons. The molecule has 0 unspecified atom stereocenters. The van der Waals surface area contributed by atoms with Crippen molar-refractivity contribution in [1.29, 1.82) is 0 Å². The maximum atomic E-state index is 12.3. The smallest absolute Gasteiger partial charge is 0.335 e. The summed E-state index contributed by atoms with van der Waals surface area (Å²) in [6.45, 7) is 5.68. The van der Waals surface area contributed by atoms with Gasteiger partial charge in [0.05, 0.1) is 17.3 Å². The molecule has 0 bridgehead atoms. The van der Waals surface area contributed by atoms with Gasteiger partial charge in [0.15, 0.2) is 5.11 Å². The van der Waals surface area contributed by atoms with Gasteiger partial charge in [-0.1, -0.05) is 19.9 Å². The lowest BCUT2D eigenvalue weighted by atomic mass is 10.00. The summed E-state index contributed by atoms with van der Waals surface area (Å²) in [6.07, 6.45) is 3.72. The number of carboxylic acid groups (broad SMARTS) is 1. The predicted molar refractivity (Wildman–Crippen MR) is 155 cm³/mol. The molecule has 0 spiro atoms. The number of aryl methyl sites for hydroxylation is 1. The van der Waals surface area contributed by atoms with E-state index in [0.29, 0.717) is 5.11 Å². The summed E-state index contributed by atoms with van der Waals surface area (Å²) < 4.78 is 2.04. The van der Waals surface area contributed by atoms with Crippen molar-refractivity contribution in [2.24, 2.45) is 5.92 Å². The molecule has 198 valence electrons. The lowest BCUT2D eigenvalue weighted by Gasteiger charge is -2.29. The molecule has 3 N–H and O–H groups in total. The highest BCUT2D eigenvalue weighted by Gasteiger charge is 2.42. The van der Waals surface area contributed by atoms with Crippen LogP contribution in [-0.2, 0) is 4.79 Å². The number of nitrogens with zero attached hydrogens (tertiary/aromatic N) is 3. The number of rotatable bonds is 7. The van der Waals surface area contributed by atoms with Crippen LogP contribution in [0.4, 0.5) is 11.4 Å². The number of carbonyl (C=O) groups is 2. The van der Waals surface area contributed by atoms with Crippen molar-refractivity contribution < 1.29 is 14.7 Å². The van der Waals surface area contributed by atoms with Crippen molar-refractivity contribution in [1.82, 2.24) is 14.9 Å². The molecule has 0 aliphatic carbocycles. The topological polar surface area (TPSA) is 99.5 Å². The SMILES string of the molecule is Cc1cc(N2C(=S)N[C@H](c3ccccn3)[C@H]2c2cccn2-c2ccc(C(=O)O)cc2)ccc1NC(=O)C(C)C. The van der Waals surface area contributed by atoms with Gasteiger partial charge in [0.2, 0.25) is 5.91 Å². The van der Waals surface area contributed by atoms with E-state index >= 15 is 0 Å². The number of aromatic carboxylic acids is 1. The van der Waals surface area contributed by atoms with Gasteiger partial charge in [-0.3, -0.25) is 9.78 Å². The standard InChI is InChI=1S/C30H29N5O3S/c1-18(2)28(36)32-23-14-13-22(17-19(23)3)35-27(26(33-30(35)39)24-7-4-5-15-31-24)25-8-6-16-34(25)21-11-9-20(10-12-21)29(37)38/h4-18,26-27H,1-3H3,(H,32,36)(H,33,39)(H,37,38)/t26-,27-/m1/s1. The summed E-state index contributed by atoms with van der Waals surface area (Å²) in [5.41, 5.74) is 5.42. The number of thiocarbonyl (C=S) groups is 1. The van der Waals surface area contributed by atoms with Crippen molar-refractivity contribution in [3.05, 3.63) is 108 Å². The molecule has 8 nitrogen and oxygen atoms in total. The van der Waals surface area contributed by atoms with Crippen molar-refractivity contribution in [3.63, 3.8) is 0 Å². The molecule has 4 aromatic rings. The number of hydrogen-bond acceptors (Lipinski definition) is 4. The molecule has 1 aliphatic heterocycles. The largest absolute Gasteiger partial charge is 0.478 e. The van der Waals surface area contributed by atoms with Crippen LogP contribution in [0.1, 0.15) is 53.2 Å². The van der Waals surface area contributed by atoms with Crippen molar-refractivity contribution in [3.8, 4) is 5.69 Å². The van der Waals surface area contributed by atoms with Gasteiger partial charge in [0.25, 0.3) is 0 Å². The second-order valence-electron chi connectivity index (χ2n) is 9.79. The molecule has 3 heterocycles. The third-order valence-electron chi connectivity index (χ3n) is 6.84. The molecule has 5 rings (SSSR count). The van der Waals surface area contributed by atoms with Crippen molar-refractivity contribution in [2.45, 2.75) is 32.9 Å². The van der Waals surface area contributed by atoms with E-state index in [0.717, 1.165) is 34.0 Å². The molecular weight excluding hydrogens is 510 g/mol. The minimum Gasteiger partial charge on any atom is -0.478 e. The molecular formula is C30H29N5O3S. The number of aromatic nitrogens is 2. The molecule has 1 saturated heterocycles. The van der Waals surface area contributed by atoms with Crippen molar-refractivity contribution >= 4 is 40.6 Å². The van der Waals surface area contributed by atoms with Crippen LogP contribution in [0.3, 0.4) is 0 Å². The minimum atomic E-state index is -0.968. The number of benzene rings is 2. The molecule has 2 atom stereocenters. The molecule has 9 heteroatoms. The molecule has 1 aliphatic rings. The lowest BCUT2D eigenvalue weighted by Crippen LogP contribution is -2.30. The van der Waals surface area contributed by atoms with Crippen LogP contribution in [0.25, 0.3) is 5.69 Å². The first-order valence-corrected chi connectivity index (χ1v) is 13.1. The summed E-state index contributed by atoms with van der Waals surface area (Å²) in [4.78, 5) is 30.4. The Kier molecular flexibility index (Phi) is 7.17. The monoisotopic (exact) mass is 539 g/mol. The van der Waals surface area contributed by atoms with Crippen LogP contribution in [0.15, 0.2) is 85.2 Å². The van der Waals surface area contributed by atoms with Crippen LogP contribution in [0.5, 0.6) is 0 Å². The van der Waals surface area contributed by atoms with Gasteiger partial charge in [0, 0.05) is 41.1 Å². The van der Waals surface area contributed by atoms with Gasteiger partial charge in [-0.2, -0.15) is 0 Å². The fraction of sp³-hybridized carbons (Fsp3) is 0.200. The Morgan fingerprint density at radius 1 is 1.03 bits per heavy atom. The summed E-state index contributed by atoms with van der Waals surface area (Å²) in [6, 6.07) is 22.0. The normalized spacial score (nSPS) is 16.8. The summed E-state index contributed by atoms with van der Waals surface area (Å²) in [5.74, 6) is -1.13. The second-order valence-corrected chi connectivity index (χ2v) is 10.2. The molecule has 0 saturated carbocycles. The third-order valence-corrected chi connectivity index (χ3v) is 7.16.